The van der Waals surface area contributed by atoms with Gasteiger partial charge in [-0.2, -0.15) is 13.2 Å². The predicted molar refractivity (Wildman–Crippen MR) is 101 cm³/mol. The number of hydrogen-bond donors (Lipinski definition) is 1. The van der Waals surface area contributed by atoms with Gasteiger partial charge in [0.25, 0.3) is 11.8 Å². The first-order chi connectivity index (χ1) is 13.0. The van der Waals surface area contributed by atoms with Gasteiger partial charge in [-0.3, -0.25) is 9.59 Å². The Kier molecular flexibility index (Phi) is 5.16. The number of benzene rings is 2. The maximum absolute atomic E-state index is 13.0. The summed E-state index contributed by atoms with van der Waals surface area (Å²) in [6, 6.07) is 7.82. The third kappa shape index (κ3) is 3.59. The second-order valence-electron chi connectivity index (χ2n) is 6.24. The lowest BCUT2D eigenvalue weighted by Gasteiger charge is -2.18. The van der Waals surface area contributed by atoms with E-state index in [1.807, 2.05) is 19.1 Å². The first-order valence-corrected chi connectivity index (χ1v) is 8.76. The van der Waals surface area contributed by atoms with Crippen molar-refractivity contribution in [3.05, 3.63) is 68.8 Å². The molecule has 1 aliphatic heterocycles. The number of aryl methyl sites for hydroxylation is 2. The van der Waals surface area contributed by atoms with Gasteiger partial charge >= 0.3 is 6.18 Å². The van der Waals surface area contributed by atoms with E-state index in [4.69, 9.17) is 23.2 Å². The van der Waals surface area contributed by atoms with Gasteiger partial charge in [0.05, 0.1) is 16.3 Å². The highest BCUT2D eigenvalue weighted by Crippen LogP contribution is 2.39. The minimum absolute atomic E-state index is 0.188. The molecule has 0 aliphatic carbocycles. The van der Waals surface area contributed by atoms with Crippen LogP contribution in [0.5, 0.6) is 0 Å². The summed E-state index contributed by atoms with van der Waals surface area (Å²) in [6.07, 6.45) is -4.66. The highest BCUT2D eigenvalue weighted by atomic mass is 35.5. The average Bonchev–Trinajstić information content (AvgIpc) is 2.81. The van der Waals surface area contributed by atoms with Gasteiger partial charge in [-0.15, -0.1) is 0 Å². The molecule has 0 unspecified atom stereocenters. The molecular weight excluding hydrogens is 416 g/mol. The van der Waals surface area contributed by atoms with Crippen LogP contribution in [0.15, 0.2) is 47.1 Å². The van der Waals surface area contributed by atoms with Crippen LogP contribution in [0, 0.1) is 13.8 Å². The Hall–Kier alpha value is -2.51. The van der Waals surface area contributed by atoms with Crippen LogP contribution in [-0.4, -0.2) is 11.8 Å². The second-order valence-corrected chi connectivity index (χ2v) is 7.03. The SMILES string of the molecule is Cc1ccc(C)c(NC2=C(Cl)C(=O)N(c3cc(C(F)(F)F)ccc3Cl)C2=O)c1. The first kappa shape index (κ1) is 20.2. The smallest absolute Gasteiger partial charge is 0.349 e. The highest BCUT2D eigenvalue weighted by Gasteiger charge is 2.41. The zero-order valence-electron chi connectivity index (χ0n) is 14.6. The molecule has 0 fully saturated rings. The lowest BCUT2D eigenvalue weighted by molar-refractivity contribution is -0.137. The summed E-state index contributed by atoms with van der Waals surface area (Å²) >= 11 is 12.0. The number of halogens is 5. The van der Waals surface area contributed by atoms with Crippen molar-refractivity contribution in [2.45, 2.75) is 20.0 Å². The predicted octanol–water partition coefficient (Wildman–Crippen LogP) is 5.41. The van der Waals surface area contributed by atoms with Crippen LogP contribution in [0.2, 0.25) is 5.02 Å². The number of anilines is 2. The zero-order chi connectivity index (χ0) is 20.8. The Morgan fingerprint density at radius 2 is 1.64 bits per heavy atom. The number of nitrogens with one attached hydrogen (secondary N) is 1. The number of hydrogen-bond acceptors (Lipinski definition) is 3. The van der Waals surface area contributed by atoms with E-state index in [1.165, 1.54) is 0 Å². The molecule has 0 saturated carbocycles. The fourth-order valence-electron chi connectivity index (χ4n) is 2.70. The van der Waals surface area contributed by atoms with Crippen molar-refractivity contribution in [3.63, 3.8) is 0 Å². The van der Waals surface area contributed by atoms with Crippen LogP contribution in [0.1, 0.15) is 16.7 Å². The van der Waals surface area contributed by atoms with Gasteiger partial charge in [0.1, 0.15) is 10.7 Å². The van der Waals surface area contributed by atoms with Crippen molar-refractivity contribution >= 4 is 46.4 Å². The first-order valence-electron chi connectivity index (χ1n) is 8.00. The van der Waals surface area contributed by atoms with E-state index in [9.17, 15) is 22.8 Å². The van der Waals surface area contributed by atoms with Crippen molar-refractivity contribution < 1.29 is 22.8 Å². The summed E-state index contributed by atoms with van der Waals surface area (Å²) < 4.78 is 39.1. The molecule has 28 heavy (non-hydrogen) atoms. The maximum Gasteiger partial charge on any atom is 0.416 e. The highest BCUT2D eigenvalue weighted by molar-refractivity contribution is 6.53. The molecule has 2 aromatic rings. The summed E-state index contributed by atoms with van der Waals surface area (Å²) in [5.41, 5.74) is 0.583. The molecule has 2 aromatic carbocycles. The summed E-state index contributed by atoms with van der Waals surface area (Å²) in [7, 11) is 0. The molecule has 0 radical (unpaired) electrons. The van der Waals surface area contributed by atoms with Crippen LogP contribution < -0.4 is 10.2 Å². The standard InChI is InChI=1S/C19H13Cl2F3N2O2/c1-9-3-4-10(2)13(7-9)25-16-15(21)17(27)26(18(16)28)14-8-11(19(22,23)24)5-6-12(14)20/h3-8,25H,1-2H3. The van der Waals surface area contributed by atoms with E-state index in [0.29, 0.717) is 16.7 Å². The number of carbonyl (C=O) groups is 2. The molecular formula is C19H13Cl2F3N2O2. The second kappa shape index (κ2) is 7.14. The van der Waals surface area contributed by atoms with Crippen molar-refractivity contribution in [1.29, 1.82) is 0 Å². The van der Waals surface area contributed by atoms with Crippen LogP contribution in [-0.2, 0) is 15.8 Å². The summed E-state index contributed by atoms with van der Waals surface area (Å²) in [5, 5.41) is 2.20. The molecule has 0 bridgehead atoms. The Bertz CT molecular complexity index is 1030. The molecule has 0 atom stereocenters. The van der Waals surface area contributed by atoms with Crippen molar-refractivity contribution in [1.82, 2.24) is 0 Å². The van der Waals surface area contributed by atoms with Gasteiger partial charge < -0.3 is 5.32 Å². The van der Waals surface area contributed by atoms with Crippen LogP contribution >= 0.6 is 23.2 Å². The lowest BCUT2D eigenvalue weighted by atomic mass is 10.1. The van der Waals surface area contributed by atoms with Crippen LogP contribution in [0.25, 0.3) is 0 Å². The summed E-state index contributed by atoms with van der Waals surface area (Å²) in [5.74, 6) is -1.85. The average molecular weight is 429 g/mol. The zero-order valence-corrected chi connectivity index (χ0v) is 16.1. The molecule has 0 spiro atoms. The molecule has 2 amide bonds. The molecule has 1 heterocycles. The van der Waals surface area contributed by atoms with Gasteiger partial charge in [0.15, 0.2) is 0 Å². The third-order valence-electron chi connectivity index (χ3n) is 4.19. The molecule has 146 valence electrons. The Balaban J connectivity index is 2.01. The van der Waals surface area contributed by atoms with E-state index in [-0.39, 0.29) is 16.4 Å². The van der Waals surface area contributed by atoms with E-state index in [0.717, 1.165) is 23.3 Å². The number of nitrogens with zero attached hydrogens (tertiary/aromatic N) is 1. The van der Waals surface area contributed by atoms with Crippen molar-refractivity contribution in [2.24, 2.45) is 0 Å². The van der Waals surface area contributed by atoms with E-state index in [2.05, 4.69) is 5.32 Å². The van der Waals surface area contributed by atoms with Crippen LogP contribution in [0.4, 0.5) is 24.5 Å². The molecule has 1 aliphatic rings. The summed E-state index contributed by atoms with van der Waals surface area (Å²) in [4.78, 5) is 25.9. The Labute approximate surface area is 168 Å². The minimum Gasteiger partial charge on any atom is -0.349 e. The van der Waals surface area contributed by atoms with Gasteiger partial charge in [0.2, 0.25) is 0 Å². The molecule has 0 aromatic heterocycles. The van der Waals surface area contributed by atoms with Gasteiger partial charge in [-0.05, 0) is 49.2 Å². The number of rotatable bonds is 3. The molecule has 3 rings (SSSR count). The van der Waals surface area contributed by atoms with Crippen LogP contribution in [0.3, 0.4) is 0 Å². The third-order valence-corrected chi connectivity index (χ3v) is 4.86. The fraction of sp³-hybridized carbons (Fsp3) is 0.158. The Morgan fingerprint density at radius 1 is 0.964 bits per heavy atom. The minimum atomic E-state index is -4.66. The number of alkyl halides is 3. The lowest BCUT2D eigenvalue weighted by Crippen LogP contribution is -2.32. The monoisotopic (exact) mass is 428 g/mol. The fourth-order valence-corrected chi connectivity index (χ4v) is 3.11. The van der Waals surface area contributed by atoms with Crippen molar-refractivity contribution in [3.8, 4) is 0 Å². The Morgan fingerprint density at radius 3 is 2.29 bits per heavy atom. The normalized spacial score (nSPS) is 14.9. The number of imide groups is 1. The number of carbonyl (C=O) groups excluding carboxylic acids is 2. The maximum atomic E-state index is 13.0. The van der Waals surface area contributed by atoms with E-state index >= 15 is 0 Å². The topological polar surface area (TPSA) is 49.4 Å². The summed E-state index contributed by atoms with van der Waals surface area (Å²) in [6.45, 7) is 3.63. The quantitative estimate of drug-likeness (QED) is 0.664. The van der Waals surface area contributed by atoms with Gasteiger partial charge in [0, 0.05) is 5.69 Å². The van der Waals surface area contributed by atoms with E-state index < -0.39 is 28.6 Å². The molecule has 9 heteroatoms. The van der Waals surface area contributed by atoms with Gasteiger partial charge in [-0.25, -0.2) is 4.90 Å². The van der Waals surface area contributed by atoms with E-state index in [1.54, 1.807) is 13.0 Å². The molecule has 4 nitrogen and oxygen atoms in total. The van der Waals surface area contributed by atoms with Gasteiger partial charge in [-0.1, -0.05) is 35.3 Å². The largest absolute Gasteiger partial charge is 0.416 e. The van der Waals surface area contributed by atoms with Crippen molar-refractivity contribution in [2.75, 3.05) is 10.2 Å². The molecule has 0 saturated heterocycles. The molecule has 1 N–H and O–H groups in total. The number of amides is 2.